The van der Waals surface area contributed by atoms with E-state index in [2.05, 4.69) is 10.00 Å². The normalized spacial score (nSPS) is 14.3. The summed E-state index contributed by atoms with van der Waals surface area (Å²) >= 11 is 0. The molecule has 2 N–H and O–H groups in total. The predicted molar refractivity (Wildman–Crippen MR) is 109 cm³/mol. The van der Waals surface area contributed by atoms with Crippen LogP contribution in [-0.4, -0.2) is 53.2 Å². The van der Waals surface area contributed by atoms with Gasteiger partial charge in [-0.15, -0.1) is 0 Å². The van der Waals surface area contributed by atoms with Crippen molar-refractivity contribution in [3.8, 4) is 5.69 Å². The molecular weight excluding hydrogens is 374 g/mol. The molecule has 4 rings (SSSR count). The van der Waals surface area contributed by atoms with Gasteiger partial charge in [0.1, 0.15) is 12.4 Å². The first-order chi connectivity index (χ1) is 14.1. The van der Waals surface area contributed by atoms with E-state index in [4.69, 9.17) is 15.2 Å². The van der Waals surface area contributed by atoms with Crippen LogP contribution in [0, 0.1) is 0 Å². The first-order valence-corrected chi connectivity index (χ1v) is 9.55. The van der Waals surface area contributed by atoms with Gasteiger partial charge in [-0.2, -0.15) is 5.10 Å². The van der Waals surface area contributed by atoms with Crippen molar-refractivity contribution in [1.29, 1.82) is 0 Å². The summed E-state index contributed by atoms with van der Waals surface area (Å²) in [6.45, 7) is 4.25. The van der Waals surface area contributed by atoms with Crippen LogP contribution in [0.25, 0.3) is 16.6 Å². The molecule has 2 aromatic heterocycles. The molecule has 3 heterocycles. The second-order valence-electron chi connectivity index (χ2n) is 6.72. The minimum Gasteiger partial charge on any atom is -0.465 e. The number of anilines is 2. The number of pyridine rings is 1. The Morgan fingerprint density at radius 3 is 2.66 bits per heavy atom. The number of fused-ring (bicyclic) bond motifs is 1. The number of nitrogen functional groups attached to an aromatic ring is 1. The molecule has 1 aliphatic heterocycles. The van der Waals surface area contributed by atoms with Crippen LogP contribution in [0.15, 0.2) is 41.3 Å². The first kappa shape index (κ1) is 19.0. The number of para-hydroxylation sites is 1. The molecule has 0 aliphatic carbocycles. The van der Waals surface area contributed by atoms with Gasteiger partial charge in [0.05, 0.1) is 36.6 Å². The van der Waals surface area contributed by atoms with Gasteiger partial charge in [-0.05, 0) is 19.1 Å². The molecule has 1 aromatic carbocycles. The van der Waals surface area contributed by atoms with E-state index in [-0.39, 0.29) is 24.2 Å². The maximum atomic E-state index is 13.1. The number of esters is 1. The number of rotatable bonds is 5. The van der Waals surface area contributed by atoms with E-state index < -0.39 is 5.97 Å². The fourth-order valence-electron chi connectivity index (χ4n) is 3.53. The monoisotopic (exact) mass is 397 g/mol. The molecule has 0 radical (unpaired) electrons. The molecule has 1 fully saturated rings. The maximum absolute atomic E-state index is 13.1. The Kier molecular flexibility index (Phi) is 5.22. The molecular formula is C20H23N5O4. The van der Waals surface area contributed by atoms with Crippen LogP contribution in [0.5, 0.6) is 0 Å². The van der Waals surface area contributed by atoms with E-state index in [1.807, 2.05) is 30.3 Å². The average molecular weight is 397 g/mol. The largest absolute Gasteiger partial charge is 0.465 e. The van der Waals surface area contributed by atoms with Crippen LogP contribution in [-0.2, 0) is 20.8 Å². The molecule has 0 bridgehead atoms. The molecule has 9 nitrogen and oxygen atoms in total. The molecule has 0 spiro atoms. The van der Waals surface area contributed by atoms with E-state index in [1.54, 1.807) is 11.6 Å². The Morgan fingerprint density at radius 1 is 1.24 bits per heavy atom. The molecule has 0 saturated carbocycles. The molecule has 1 aliphatic rings. The van der Waals surface area contributed by atoms with Gasteiger partial charge in [-0.3, -0.25) is 9.59 Å². The van der Waals surface area contributed by atoms with Crippen LogP contribution < -0.4 is 16.2 Å². The van der Waals surface area contributed by atoms with E-state index in [0.29, 0.717) is 37.4 Å². The highest BCUT2D eigenvalue weighted by atomic mass is 16.5. The fraction of sp³-hybridized carbons (Fsp3) is 0.350. The second-order valence-corrected chi connectivity index (χ2v) is 6.72. The smallest absolute Gasteiger partial charge is 0.326 e. The van der Waals surface area contributed by atoms with Crippen molar-refractivity contribution in [3.05, 3.63) is 46.9 Å². The average Bonchev–Trinajstić information content (AvgIpc) is 3.15. The summed E-state index contributed by atoms with van der Waals surface area (Å²) in [5.74, 6) is 0.261. The quantitative estimate of drug-likeness (QED) is 0.645. The summed E-state index contributed by atoms with van der Waals surface area (Å²) in [6.07, 6.45) is 1.49. The highest BCUT2D eigenvalue weighted by molar-refractivity contribution is 6.00. The Labute approximate surface area is 167 Å². The van der Waals surface area contributed by atoms with Crippen molar-refractivity contribution >= 4 is 28.4 Å². The number of aromatic nitrogens is 3. The third-order valence-electron chi connectivity index (χ3n) is 4.82. The van der Waals surface area contributed by atoms with Crippen LogP contribution in [0.4, 0.5) is 11.5 Å². The topological polar surface area (TPSA) is 105 Å². The zero-order valence-corrected chi connectivity index (χ0v) is 16.2. The van der Waals surface area contributed by atoms with Crippen molar-refractivity contribution in [3.63, 3.8) is 0 Å². The van der Waals surface area contributed by atoms with Crippen molar-refractivity contribution in [2.45, 2.75) is 13.5 Å². The zero-order chi connectivity index (χ0) is 20.4. The first-order valence-electron chi connectivity index (χ1n) is 9.55. The molecule has 0 unspecified atom stereocenters. The summed E-state index contributed by atoms with van der Waals surface area (Å²) in [7, 11) is 0. The number of carbonyl (C=O) groups is 1. The van der Waals surface area contributed by atoms with Crippen LogP contribution in [0.2, 0.25) is 0 Å². The zero-order valence-electron chi connectivity index (χ0n) is 16.2. The van der Waals surface area contributed by atoms with Crippen LogP contribution in [0.1, 0.15) is 6.92 Å². The molecule has 152 valence electrons. The third kappa shape index (κ3) is 3.56. The van der Waals surface area contributed by atoms with Crippen molar-refractivity contribution in [2.75, 3.05) is 43.5 Å². The molecule has 9 heteroatoms. The van der Waals surface area contributed by atoms with Gasteiger partial charge in [-0.25, -0.2) is 4.68 Å². The molecule has 1 saturated heterocycles. The number of nitrogens with zero attached hydrogens (tertiary/aromatic N) is 4. The number of benzene rings is 1. The number of nitrogens with two attached hydrogens (primary N) is 1. The Bertz CT molecular complexity index is 1080. The highest BCUT2D eigenvalue weighted by Crippen LogP contribution is 2.32. The lowest BCUT2D eigenvalue weighted by molar-refractivity contribution is -0.143. The number of hydrogen-bond donors (Lipinski definition) is 1. The van der Waals surface area contributed by atoms with Gasteiger partial charge >= 0.3 is 5.97 Å². The SMILES string of the molecule is CCOC(=O)Cn1cc(N)c2c(N3CCOCC3)n(-c3ccccc3)nc2c1=O. The number of ether oxygens (including phenoxy) is 2. The van der Waals surface area contributed by atoms with Gasteiger partial charge in [0, 0.05) is 19.3 Å². The highest BCUT2D eigenvalue weighted by Gasteiger charge is 2.25. The summed E-state index contributed by atoms with van der Waals surface area (Å²) in [4.78, 5) is 27.1. The number of hydrogen-bond acceptors (Lipinski definition) is 7. The lowest BCUT2D eigenvalue weighted by atomic mass is 10.2. The van der Waals surface area contributed by atoms with Gasteiger partial charge in [-0.1, -0.05) is 18.2 Å². The van der Waals surface area contributed by atoms with Gasteiger partial charge in [0.15, 0.2) is 5.52 Å². The summed E-state index contributed by atoms with van der Waals surface area (Å²) in [5.41, 5.74) is 7.39. The Morgan fingerprint density at radius 2 is 1.97 bits per heavy atom. The lowest BCUT2D eigenvalue weighted by Crippen LogP contribution is -2.37. The van der Waals surface area contributed by atoms with E-state index in [0.717, 1.165) is 11.5 Å². The Balaban J connectivity index is 1.92. The summed E-state index contributed by atoms with van der Waals surface area (Å²) < 4.78 is 13.4. The van der Waals surface area contributed by atoms with Crippen molar-refractivity contribution in [2.24, 2.45) is 0 Å². The standard InChI is InChI=1S/C20H23N5O4/c1-2-29-16(26)13-24-12-15(21)17-18(20(24)27)22-25(14-6-4-3-5-7-14)19(17)23-8-10-28-11-9-23/h3-7,12H,2,8-11,13,21H2,1H3. The Hall–Kier alpha value is -3.33. The second kappa shape index (κ2) is 7.96. The predicted octanol–water partition coefficient (Wildman–Crippen LogP) is 1.17. The molecule has 0 amide bonds. The number of carbonyl (C=O) groups excluding carboxylic acids is 1. The summed E-state index contributed by atoms with van der Waals surface area (Å²) in [5, 5.41) is 5.19. The van der Waals surface area contributed by atoms with E-state index >= 15 is 0 Å². The molecule has 3 aromatic rings. The lowest BCUT2D eigenvalue weighted by Gasteiger charge is -2.29. The van der Waals surface area contributed by atoms with Gasteiger partial charge in [0.2, 0.25) is 0 Å². The van der Waals surface area contributed by atoms with E-state index in [1.165, 1.54) is 10.8 Å². The summed E-state index contributed by atoms with van der Waals surface area (Å²) in [6, 6.07) is 9.58. The molecule has 29 heavy (non-hydrogen) atoms. The van der Waals surface area contributed by atoms with Gasteiger partial charge < -0.3 is 24.7 Å². The van der Waals surface area contributed by atoms with Gasteiger partial charge in [0.25, 0.3) is 5.56 Å². The van der Waals surface area contributed by atoms with Crippen molar-refractivity contribution < 1.29 is 14.3 Å². The van der Waals surface area contributed by atoms with Crippen LogP contribution in [0.3, 0.4) is 0 Å². The van der Waals surface area contributed by atoms with Crippen molar-refractivity contribution in [1.82, 2.24) is 14.3 Å². The fourth-order valence-corrected chi connectivity index (χ4v) is 3.53. The minimum atomic E-state index is -0.496. The molecule has 0 atom stereocenters. The van der Waals surface area contributed by atoms with Crippen LogP contribution >= 0.6 is 0 Å². The maximum Gasteiger partial charge on any atom is 0.326 e. The third-order valence-corrected chi connectivity index (χ3v) is 4.82. The number of morpholine rings is 1. The van der Waals surface area contributed by atoms with E-state index in [9.17, 15) is 9.59 Å². The minimum absolute atomic E-state index is 0.210.